The third kappa shape index (κ3) is 4.34. The molecule has 0 bridgehead atoms. The van der Waals surface area contributed by atoms with Crippen LogP contribution in [0.3, 0.4) is 0 Å². The van der Waals surface area contributed by atoms with E-state index in [0.717, 1.165) is 31.4 Å². The second kappa shape index (κ2) is 7.42. The van der Waals surface area contributed by atoms with Crippen molar-refractivity contribution in [2.75, 3.05) is 0 Å². The van der Waals surface area contributed by atoms with Crippen LogP contribution in [0.25, 0.3) is 0 Å². The van der Waals surface area contributed by atoms with Gasteiger partial charge in [-0.3, -0.25) is 0 Å². The van der Waals surface area contributed by atoms with Gasteiger partial charge in [0.2, 0.25) is 0 Å². The number of benzene rings is 1. The average Bonchev–Trinajstić information content (AvgIpc) is 2.38. The Kier molecular flexibility index (Phi) is 6.20. The summed E-state index contributed by atoms with van der Waals surface area (Å²) in [4.78, 5) is 0. The topological polar surface area (TPSA) is 35.2 Å². The van der Waals surface area contributed by atoms with Crippen LogP contribution >= 0.6 is 0 Å². The molecule has 18 heavy (non-hydrogen) atoms. The SMILES string of the molecule is CCC(N)Cc1cc(C)ccc1OC(CC)CC. The molecule has 1 aromatic rings. The molecule has 0 aliphatic rings. The van der Waals surface area contributed by atoms with Crippen molar-refractivity contribution in [3.63, 3.8) is 0 Å². The lowest BCUT2D eigenvalue weighted by Crippen LogP contribution is -2.22. The first-order valence-corrected chi connectivity index (χ1v) is 7.12. The van der Waals surface area contributed by atoms with Crippen LogP contribution < -0.4 is 10.5 Å². The molecular formula is C16H27NO. The van der Waals surface area contributed by atoms with E-state index in [2.05, 4.69) is 45.9 Å². The summed E-state index contributed by atoms with van der Waals surface area (Å²) < 4.78 is 6.09. The Hall–Kier alpha value is -1.02. The Morgan fingerprint density at radius 3 is 2.33 bits per heavy atom. The molecule has 2 nitrogen and oxygen atoms in total. The van der Waals surface area contributed by atoms with Crippen LogP contribution in [0.2, 0.25) is 0 Å². The van der Waals surface area contributed by atoms with Crippen LogP contribution in [0.4, 0.5) is 0 Å². The van der Waals surface area contributed by atoms with Crippen LogP contribution in [0, 0.1) is 6.92 Å². The first kappa shape index (κ1) is 15.0. The second-order valence-corrected chi connectivity index (χ2v) is 5.04. The lowest BCUT2D eigenvalue weighted by molar-refractivity contribution is 0.190. The minimum absolute atomic E-state index is 0.218. The lowest BCUT2D eigenvalue weighted by atomic mass is 10.0. The van der Waals surface area contributed by atoms with Crippen molar-refractivity contribution in [1.29, 1.82) is 0 Å². The molecule has 1 aromatic carbocycles. The van der Waals surface area contributed by atoms with Crippen LogP contribution in [-0.2, 0) is 6.42 Å². The Balaban J connectivity index is 2.88. The Bertz CT molecular complexity index is 358. The Morgan fingerprint density at radius 1 is 1.11 bits per heavy atom. The van der Waals surface area contributed by atoms with E-state index >= 15 is 0 Å². The molecule has 1 unspecified atom stereocenters. The molecule has 1 atom stereocenters. The fourth-order valence-electron chi connectivity index (χ4n) is 2.04. The molecule has 0 fully saturated rings. The van der Waals surface area contributed by atoms with Crippen molar-refractivity contribution >= 4 is 0 Å². The highest BCUT2D eigenvalue weighted by atomic mass is 16.5. The standard InChI is InChI=1S/C16H27NO/c1-5-14(17)11-13-10-12(4)8-9-16(13)18-15(6-2)7-3/h8-10,14-15H,5-7,11,17H2,1-4H3. The Labute approximate surface area is 112 Å². The summed E-state index contributed by atoms with van der Waals surface area (Å²) in [5.74, 6) is 1.01. The number of rotatable bonds is 7. The average molecular weight is 249 g/mol. The first-order chi connectivity index (χ1) is 8.60. The maximum absolute atomic E-state index is 6.09. The van der Waals surface area contributed by atoms with Crippen molar-refractivity contribution in [2.45, 2.75) is 65.5 Å². The van der Waals surface area contributed by atoms with E-state index in [-0.39, 0.29) is 6.04 Å². The van der Waals surface area contributed by atoms with E-state index in [1.165, 1.54) is 11.1 Å². The smallest absolute Gasteiger partial charge is 0.122 e. The summed E-state index contributed by atoms with van der Waals surface area (Å²) in [6.07, 6.45) is 4.29. The van der Waals surface area contributed by atoms with E-state index in [1.807, 2.05) is 0 Å². The molecule has 0 spiro atoms. The van der Waals surface area contributed by atoms with Gasteiger partial charge in [0.1, 0.15) is 5.75 Å². The second-order valence-electron chi connectivity index (χ2n) is 5.04. The molecule has 0 aliphatic carbocycles. The van der Waals surface area contributed by atoms with Gasteiger partial charge in [-0.1, -0.05) is 38.5 Å². The van der Waals surface area contributed by atoms with E-state index in [0.29, 0.717) is 6.10 Å². The van der Waals surface area contributed by atoms with Crippen molar-refractivity contribution in [3.05, 3.63) is 29.3 Å². The Morgan fingerprint density at radius 2 is 1.78 bits per heavy atom. The van der Waals surface area contributed by atoms with E-state index in [9.17, 15) is 0 Å². The van der Waals surface area contributed by atoms with Crippen molar-refractivity contribution in [2.24, 2.45) is 5.73 Å². The number of hydrogen-bond acceptors (Lipinski definition) is 2. The molecule has 0 aromatic heterocycles. The fraction of sp³-hybridized carbons (Fsp3) is 0.625. The monoisotopic (exact) mass is 249 g/mol. The zero-order valence-corrected chi connectivity index (χ0v) is 12.2. The third-order valence-corrected chi connectivity index (χ3v) is 3.43. The normalized spacial score (nSPS) is 12.8. The van der Waals surface area contributed by atoms with Gasteiger partial charge in [-0.2, -0.15) is 0 Å². The van der Waals surface area contributed by atoms with E-state index < -0.39 is 0 Å². The fourth-order valence-corrected chi connectivity index (χ4v) is 2.04. The molecule has 102 valence electrons. The quantitative estimate of drug-likeness (QED) is 0.796. The molecule has 0 saturated carbocycles. The van der Waals surface area contributed by atoms with Crippen molar-refractivity contribution in [1.82, 2.24) is 0 Å². The molecule has 0 amide bonds. The van der Waals surface area contributed by atoms with Gasteiger partial charge >= 0.3 is 0 Å². The van der Waals surface area contributed by atoms with Gasteiger partial charge in [-0.25, -0.2) is 0 Å². The van der Waals surface area contributed by atoms with Crippen molar-refractivity contribution in [3.8, 4) is 5.75 Å². The highest BCUT2D eigenvalue weighted by molar-refractivity contribution is 5.37. The van der Waals surface area contributed by atoms with Gasteiger partial charge in [0.15, 0.2) is 0 Å². The largest absolute Gasteiger partial charge is 0.490 e. The van der Waals surface area contributed by atoms with Crippen LogP contribution in [0.15, 0.2) is 18.2 Å². The molecule has 2 heteroatoms. The number of aryl methyl sites for hydroxylation is 1. The van der Waals surface area contributed by atoms with E-state index in [4.69, 9.17) is 10.5 Å². The summed E-state index contributed by atoms with van der Waals surface area (Å²) >= 11 is 0. The lowest BCUT2D eigenvalue weighted by Gasteiger charge is -2.20. The highest BCUT2D eigenvalue weighted by Crippen LogP contribution is 2.24. The minimum atomic E-state index is 0.218. The zero-order chi connectivity index (χ0) is 13.5. The number of ether oxygens (including phenoxy) is 1. The molecule has 0 radical (unpaired) electrons. The molecule has 2 N–H and O–H groups in total. The molecule has 0 heterocycles. The summed E-state index contributed by atoms with van der Waals surface area (Å²) in [7, 11) is 0. The van der Waals surface area contributed by atoms with Crippen LogP contribution in [0.5, 0.6) is 5.75 Å². The summed E-state index contributed by atoms with van der Waals surface area (Å²) in [6.45, 7) is 8.57. The van der Waals surface area contributed by atoms with Crippen molar-refractivity contribution < 1.29 is 4.74 Å². The van der Waals surface area contributed by atoms with Gasteiger partial charge in [0, 0.05) is 6.04 Å². The predicted octanol–water partition coefficient (Wildman–Crippen LogP) is 3.84. The maximum Gasteiger partial charge on any atom is 0.122 e. The molecule has 0 saturated heterocycles. The van der Waals surface area contributed by atoms with Crippen LogP contribution in [-0.4, -0.2) is 12.1 Å². The molecule has 1 rings (SSSR count). The zero-order valence-electron chi connectivity index (χ0n) is 12.2. The van der Waals surface area contributed by atoms with Gasteiger partial charge in [-0.05, 0) is 44.2 Å². The molecule has 0 aliphatic heterocycles. The van der Waals surface area contributed by atoms with Gasteiger partial charge in [0.25, 0.3) is 0 Å². The highest BCUT2D eigenvalue weighted by Gasteiger charge is 2.11. The number of nitrogens with two attached hydrogens (primary N) is 1. The third-order valence-electron chi connectivity index (χ3n) is 3.43. The first-order valence-electron chi connectivity index (χ1n) is 7.12. The minimum Gasteiger partial charge on any atom is -0.490 e. The summed E-state index contributed by atoms with van der Waals surface area (Å²) in [6, 6.07) is 6.62. The van der Waals surface area contributed by atoms with Gasteiger partial charge in [0.05, 0.1) is 6.10 Å². The summed E-state index contributed by atoms with van der Waals surface area (Å²) in [5, 5.41) is 0. The van der Waals surface area contributed by atoms with Crippen LogP contribution in [0.1, 0.15) is 51.2 Å². The maximum atomic E-state index is 6.09. The molecular weight excluding hydrogens is 222 g/mol. The predicted molar refractivity (Wildman–Crippen MR) is 78.1 cm³/mol. The summed E-state index contributed by atoms with van der Waals surface area (Å²) in [5.41, 5.74) is 8.58. The van der Waals surface area contributed by atoms with Gasteiger partial charge < -0.3 is 10.5 Å². The number of hydrogen-bond donors (Lipinski definition) is 1. The van der Waals surface area contributed by atoms with E-state index in [1.54, 1.807) is 0 Å². The van der Waals surface area contributed by atoms with Gasteiger partial charge in [-0.15, -0.1) is 0 Å².